The predicted molar refractivity (Wildman–Crippen MR) is 122 cm³/mol. The lowest BCUT2D eigenvalue weighted by atomic mass is 10.1. The highest BCUT2D eigenvalue weighted by atomic mass is 16.2. The molecule has 1 N–H and O–H groups in total. The molecular formula is C25H28N4O2. The Balaban J connectivity index is 1.48. The van der Waals surface area contributed by atoms with Gasteiger partial charge >= 0.3 is 0 Å². The smallest absolute Gasteiger partial charge is 0.257 e. The van der Waals surface area contributed by atoms with Crippen molar-refractivity contribution in [1.29, 1.82) is 0 Å². The molecule has 1 aromatic heterocycles. The molecule has 2 heterocycles. The van der Waals surface area contributed by atoms with Gasteiger partial charge in [0.15, 0.2) is 0 Å². The summed E-state index contributed by atoms with van der Waals surface area (Å²) in [5.41, 5.74) is 4.62. The van der Waals surface area contributed by atoms with Gasteiger partial charge < -0.3 is 5.32 Å². The maximum Gasteiger partial charge on any atom is 0.257 e. The van der Waals surface area contributed by atoms with Crippen LogP contribution >= 0.6 is 0 Å². The van der Waals surface area contributed by atoms with Gasteiger partial charge in [-0.1, -0.05) is 49.4 Å². The summed E-state index contributed by atoms with van der Waals surface area (Å²) in [5, 5.41) is 2.90. The highest BCUT2D eigenvalue weighted by molar-refractivity contribution is 5.90. The number of carbonyl (C=O) groups excluding carboxylic acids is 1. The Morgan fingerprint density at radius 3 is 2.65 bits per heavy atom. The molecule has 0 spiro atoms. The van der Waals surface area contributed by atoms with Crippen LogP contribution in [-0.2, 0) is 37.3 Å². The van der Waals surface area contributed by atoms with Crippen LogP contribution < -0.4 is 10.9 Å². The average Bonchev–Trinajstić information content (AvgIpc) is 2.77. The van der Waals surface area contributed by atoms with E-state index in [1.54, 1.807) is 6.92 Å². The van der Waals surface area contributed by atoms with Gasteiger partial charge in [-0.15, -0.1) is 0 Å². The summed E-state index contributed by atoms with van der Waals surface area (Å²) < 4.78 is 1.49. The molecule has 6 nitrogen and oxygen atoms in total. The van der Waals surface area contributed by atoms with Crippen LogP contribution in [0.4, 0.5) is 5.69 Å². The maximum atomic E-state index is 13.1. The highest BCUT2D eigenvalue weighted by Gasteiger charge is 2.23. The van der Waals surface area contributed by atoms with Gasteiger partial charge in [0.05, 0.1) is 5.69 Å². The molecular weight excluding hydrogens is 388 g/mol. The zero-order valence-electron chi connectivity index (χ0n) is 18.1. The molecule has 1 aliphatic heterocycles. The number of aromatic nitrogens is 2. The van der Waals surface area contributed by atoms with E-state index in [0.717, 1.165) is 42.0 Å². The Hall–Kier alpha value is -3.25. The summed E-state index contributed by atoms with van der Waals surface area (Å²) in [6, 6.07) is 18.1. The number of nitrogens with zero attached hydrogens (tertiary/aromatic N) is 3. The second-order valence-corrected chi connectivity index (χ2v) is 8.02. The van der Waals surface area contributed by atoms with Crippen molar-refractivity contribution in [2.45, 2.75) is 46.3 Å². The van der Waals surface area contributed by atoms with Crippen LogP contribution in [0.3, 0.4) is 0 Å². The molecule has 160 valence electrons. The lowest BCUT2D eigenvalue weighted by Gasteiger charge is -2.28. The van der Waals surface area contributed by atoms with Gasteiger partial charge in [-0.2, -0.15) is 0 Å². The average molecular weight is 417 g/mol. The fraction of sp³-hybridized carbons (Fsp3) is 0.320. The van der Waals surface area contributed by atoms with Crippen LogP contribution in [0.15, 0.2) is 59.4 Å². The molecule has 0 fully saturated rings. The summed E-state index contributed by atoms with van der Waals surface area (Å²) in [5.74, 6) is 0.351. The Labute approximate surface area is 182 Å². The molecule has 4 rings (SSSR count). The van der Waals surface area contributed by atoms with Crippen molar-refractivity contribution in [2.75, 3.05) is 11.9 Å². The molecule has 1 aliphatic rings. The summed E-state index contributed by atoms with van der Waals surface area (Å²) in [6.45, 7) is 6.12. The van der Waals surface area contributed by atoms with Crippen LogP contribution in [0.1, 0.15) is 35.1 Å². The molecule has 0 aliphatic carbocycles. The first-order valence-corrected chi connectivity index (χ1v) is 10.8. The minimum absolute atomic E-state index is 0.0327. The van der Waals surface area contributed by atoms with E-state index >= 15 is 0 Å². The minimum Gasteiger partial charge on any atom is -0.325 e. The van der Waals surface area contributed by atoms with Crippen molar-refractivity contribution in [3.63, 3.8) is 0 Å². The number of aryl methyl sites for hydroxylation is 2. The zero-order valence-corrected chi connectivity index (χ0v) is 18.1. The summed E-state index contributed by atoms with van der Waals surface area (Å²) >= 11 is 0. The predicted octanol–water partition coefficient (Wildman–Crippen LogP) is 3.31. The Kier molecular flexibility index (Phi) is 6.28. The van der Waals surface area contributed by atoms with E-state index in [-0.39, 0.29) is 18.0 Å². The van der Waals surface area contributed by atoms with Crippen LogP contribution in [0, 0.1) is 6.92 Å². The molecule has 0 bridgehead atoms. The standard InChI is InChI=1S/C25H28N4O2/c1-3-19-10-7-11-21(14-19)27-24(30)17-29-18(2)26-23-16-28(13-12-22(23)25(29)31)15-20-8-5-4-6-9-20/h4-11,14H,3,12-13,15-17H2,1-2H3,(H,27,30). The van der Waals surface area contributed by atoms with E-state index in [9.17, 15) is 9.59 Å². The number of hydrogen-bond donors (Lipinski definition) is 1. The highest BCUT2D eigenvalue weighted by Crippen LogP contribution is 2.17. The van der Waals surface area contributed by atoms with Gasteiger partial charge in [0.2, 0.25) is 5.91 Å². The van der Waals surface area contributed by atoms with E-state index in [1.807, 2.05) is 42.5 Å². The molecule has 31 heavy (non-hydrogen) atoms. The van der Waals surface area contributed by atoms with Gasteiger partial charge in [-0.05, 0) is 43.0 Å². The number of rotatable bonds is 6. The third-order valence-corrected chi connectivity index (χ3v) is 5.76. The van der Waals surface area contributed by atoms with E-state index in [0.29, 0.717) is 18.8 Å². The van der Waals surface area contributed by atoms with Crippen LogP contribution in [0.25, 0.3) is 0 Å². The van der Waals surface area contributed by atoms with E-state index in [4.69, 9.17) is 4.98 Å². The van der Waals surface area contributed by atoms with Gasteiger partial charge in [0.1, 0.15) is 12.4 Å². The number of amides is 1. The summed E-state index contributed by atoms with van der Waals surface area (Å²) in [4.78, 5) is 32.7. The fourth-order valence-electron chi connectivity index (χ4n) is 4.08. The topological polar surface area (TPSA) is 67.2 Å². The molecule has 3 aromatic rings. The van der Waals surface area contributed by atoms with Crippen molar-refractivity contribution >= 4 is 11.6 Å². The second-order valence-electron chi connectivity index (χ2n) is 8.02. The number of nitrogens with one attached hydrogen (secondary N) is 1. The molecule has 0 radical (unpaired) electrons. The van der Waals surface area contributed by atoms with Crippen LogP contribution in [0.2, 0.25) is 0 Å². The SMILES string of the molecule is CCc1cccc(NC(=O)Cn2c(C)nc3c(c2=O)CCN(Cc2ccccc2)C3)c1. The third kappa shape index (κ3) is 4.91. The summed E-state index contributed by atoms with van der Waals surface area (Å²) in [6.07, 6.45) is 1.55. The number of anilines is 1. The molecule has 6 heteroatoms. The fourth-order valence-corrected chi connectivity index (χ4v) is 4.08. The van der Waals surface area contributed by atoms with Crippen LogP contribution in [-0.4, -0.2) is 26.9 Å². The quantitative estimate of drug-likeness (QED) is 0.670. The van der Waals surface area contributed by atoms with Crippen molar-refractivity contribution in [2.24, 2.45) is 0 Å². The molecule has 0 saturated carbocycles. The van der Waals surface area contributed by atoms with Gasteiger partial charge in [0.25, 0.3) is 5.56 Å². The second kappa shape index (κ2) is 9.27. The number of fused-ring (bicyclic) bond motifs is 1. The lowest BCUT2D eigenvalue weighted by Crippen LogP contribution is -2.39. The Morgan fingerprint density at radius 2 is 1.87 bits per heavy atom. The first-order chi connectivity index (χ1) is 15.0. The maximum absolute atomic E-state index is 13.1. The molecule has 0 unspecified atom stereocenters. The minimum atomic E-state index is -0.221. The van der Waals surface area contributed by atoms with Crippen molar-refractivity contribution in [3.8, 4) is 0 Å². The van der Waals surface area contributed by atoms with Gasteiger partial charge in [-0.25, -0.2) is 4.98 Å². The first-order valence-electron chi connectivity index (χ1n) is 10.8. The number of carbonyl (C=O) groups is 1. The van der Waals surface area contributed by atoms with E-state index in [2.05, 4.69) is 29.3 Å². The Bertz CT molecular complexity index is 1140. The monoisotopic (exact) mass is 416 g/mol. The molecule has 2 aromatic carbocycles. The van der Waals surface area contributed by atoms with Crippen molar-refractivity contribution in [1.82, 2.24) is 14.5 Å². The van der Waals surface area contributed by atoms with Crippen molar-refractivity contribution < 1.29 is 4.79 Å². The van der Waals surface area contributed by atoms with Gasteiger partial charge in [0, 0.05) is 30.9 Å². The Morgan fingerprint density at radius 1 is 1.10 bits per heavy atom. The number of hydrogen-bond acceptors (Lipinski definition) is 4. The molecule has 1 amide bonds. The molecule has 0 saturated heterocycles. The zero-order chi connectivity index (χ0) is 21.8. The van der Waals surface area contributed by atoms with E-state index < -0.39 is 0 Å². The van der Waals surface area contributed by atoms with Gasteiger partial charge in [-0.3, -0.25) is 19.1 Å². The lowest BCUT2D eigenvalue weighted by molar-refractivity contribution is -0.116. The van der Waals surface area contributed by atoms with E-state index in [1.165, 1.54) is 10.1 Å². The normalized spacial score (nSPS) is 13.6. The summed E-state index contributed by atoms with van der Waals surface area (Å²) in [7, 11) is 0. The largest absolute Gasteiger partial charge is 0.325 e. The number of benzene rings is 2. The molecule has 0 atom stereocenters. The van der Waals surface area contributed by atoms with Crippen LogP contribution in [0.5, 0.6) is 0 Å². The third-order valence-electron chi connectivity index (χ3n) is 5.76. The first kappa shape index (κ1) is 21.0. The van der Waals surface area contributed by atoms with Crippen molar-refractivity contribution in [3.05, 3.63) is 93.2 Å².